The number of aromatic nitrogens is 3. The first-order valence-electron chi connectivity index (χ1n) is 10.1. The number of amides is 1. The zero-order valence-electron chi connectivity index (χ0n) is 16.8. The van der Waals surface area contributed by atoms with Gasteiger partial charge in [0, 0.05) is 36.3 Å². The largest absolute Gasteiger partial charge is 0.416 e. The van der Waals surface area contributed by atoms with E-state index in [1.165, 1.54) is 12.1 Å². The van der Waals surface area contributed by atoms with Gasteiger partial charge < -0.3 is 10.2 Å². The number of thiophene rings is 1. The van der Waals surface area contributed by atoms with Crippen molar-refractivity contribution >= 4 is 49.2 Å². The lowest BCUT2D eigenvalue weighted by atomic mass is 9.95. The Labute approximate surface area is 185 Å². The number of hydrogen-bond acceptors (Lipinski definition) is 6. The number of benzene rings is 1. The first-order valence-corrected chi connectivity index (χ1v) is 10.9. The lowest BCUT2D eigenvalue weighted by Gasteiger charge is -2.32. The van der Waals surface area contributed by atoms with Crippen LogP contribution in [0.2, 0.25) is 0 Å². The Morgan fingerprint density at radius 2 is 1.91 bits per heavy atom. The molecule has 5 rings (SSSR count). The number of pyridine rings is 1. The van der Waals surface area contributed by atoms with Crippen molar-refractivity contribution in [3.05, 3.63) is 54.5 Å². The molecule has 0 radical (unpaired) electrons. The Hall–Kier alpha value is -3.27. The van der Waals surface area contributed by atoms with Gasteiger partial charge in [-0.25, -0.2) is 15.0 Å². The van der Waals surface area contributed by atoms with Crippen LogP contribution in [0.25, 0.3) is 20.4 Å². The van der Waals surface area contributed by atoms with Crippen molar-refractivity contribution in [3.63, 3.8) is 0 Å². The number of carbonyl (C=O) groups excluding carboxylic acids is 1. The minimum absolute atomic E-state index is 0.155. The van der Waals surface area contributed by atoms with Gasteiger partial charge in [0.25, 0.3) is 0 Å². The minimum Gasteiger partial charge on any atom is -0.355 e. The molecular formula is C22H18F3N5OS. The summed E-state index contributed by atoms with van der Waals surface area (Å²) in [6, 6.07) is 8.57. The average Bonchev–Trinajstić information content (AvgIpc) is 3.18. The molecule has 0 bridgehead atoms. The van der Waals surface area contributed by atoms with E-state index < -0.39 is 11.7 Å². The normalized spacial score (nSPS) is 15.4. The molecule has 4 heterocycles. The fourth-order valence-corrected chi connectivity index (χ4v) is 5.11. The van der Waals surface area contributed by atoms with Gasteiger partial charge in [0.1, 0.15) is 17.0 Å². The Morgan fingerprint density at radius 1 is 1.09 bits per heavy atom. The lowest BCUT2D eigenvalue weighted by molar-refractivity contribution is -0.137. The van der Waals surface area contributed by atoms with Crippen LogP contribution in [0.15, 0.2) is 48.9 Å². The number of hydrogen-bond donors (Lipinski definition) is 1. The van der Waals surface area contributed by atoms with Gasteiger partial charge in [-0.05, 0) is 43.2 Å². The Morgan fingerprint density at radius 3 is 2.69 bits per heavy atom. The van der Waals surface area contributed by atoms with Crippen LogP contribution in [-0.2, 0) is 11.0 Å². The van der Waals surface area contributed by atoms with Crippen LogP contribution in [0, 0.1) is 5.92 Å². The standard InChI is InChI=1S/C22H18F3N5OS/c23-22(24,25)14-3-1-4-15(11-14)29-20(31)13-6-9-30(10-7-13)19-18-17(27-12-28-19)16-5-2-8-26-21(16)32-18/h1-5,8,11-13H,6-7,9-10H2,(H,29,31). The maximum absolute atomic E-state index is 12.9. The fraction of sp³-hybridized carbons (Fsp3) is 0.273. The molecule has 1 saturated heterocycles. The average molecular weight is 457 g/mol. The van der Waals surface area contributed by atoms with Crippen LogP contribution in [0.1, 0.15) is 18.4 Å². The third-order valence-corrected chi connectivity index (χ3v) is 6.73. The monoisotopic (exact) mass is 457 g/mol. The molecule has 3 aromatic heterocycles. The van der Waals surface area contributed by atoms with Crippen LogP contribution in [0.3, 0.4) is 0 Å². The summed E-state index contributed by atoms with van der Waals surface area (Å²) in [4.78, 5) is 29.0. The van der Waals surface area contributed by atoms with E-state index in [0.29, 0.717) is 25.9 Å². The Balaban J connectivity index is 1.29. The van der Waals surface area contributed by atoms with Crippen LogP contribution in [0.5, 0.6) is 0 Å². The van der Waals surface area contributed by atoms with E-state index in [0.717, 1.165) is 38.4 Å². The smallest absolute Gasteiger partial charge is 0.355 e. The van der Waals surface area contributed by atoms with Gasteiger partial charge in [-0.1, -0.05) is 6.07 Å². The molecule has 0 saturated carbocycles. The molecule has 1 amide bonds. The molecule has 10 heteroatoms. The van der Waals surface area contributed by atoms with E-state index in [4.69, 9.17) is 0 Å². The number of nitrogens with one attached hydrogen (secondary N) is 1. The highest BCUT2D eigenvalue weighted by Gasteiger charge is 2.31. The summed E-state index contributed by atoms with van der Waals surface area (Å²) in [6.45, 7) is 1.24. The highest BCUT2D eigenvalue weighted by molar-refractivity contribution is 7.25. The molecule has 1 aliphatic heterocycles. The van der Waals surface area contributed by atoms with Crippen LogP contribution in [-0.4, -0.2) is 33.9 Å². The highest BCUT2D eigenvalue weighted by Crippen LogP contribution is 2.37. The lowest BCUT2D eigenvalue weighted by Crippen LogP contribution is -2.38. The van der Waals surface area contributed by atoms with Gasteiger partial charge in [-0.2, -0.15) is 13.2 Å². The highest BCUT2D eigenvalue weighted by atomic mass is 32.1. The number of carbonyl (C=O) groups is 1. The Bertz CT molecular complexity index is 1300. The fourth-order valence-electron chi connectivity index (χ4n) is 4.00. The topological polar surface area (TPSA) is 71.0 Å². The van der Waals surface area contributed by atoms with Crippen molar-refractivity contribution in [1.82, 2.24) is 15.0 Å². The van der Waals surface area contributed by atoms with Crippen LogP contribution in [0.4, 0.5) is 24.7 Å². The predicted octanol–water partition coefficient (Wildman–Crippen LogP) is 5.11. The summed E-state index contributed by atoms with van der Waals surface area (Å²) in [5.74, 6) is 0.291. The van der Waals surface area contributed by atoms with E-state index in [2.05, 4.69) is 25.2 Å². The summed E-state index contributed by atoms with van der Waals surface area (Å²) in [7, 11) is 0. The second kappa shape index (κ2) is 8.01. The van der Waals surface area contributed by atoms with Gasteiger partial charge in [-0.15, -0.1) is 11.3 Å². The van der Waals surface area contributed by atoms with E-state index in [-0.39, 0.29) is 17.5 Å². The molecule has 32 heavy (non-hydrogen) atoms. The molecule has 1 N–H and O–H groups in total. The number of rotatable bonds is 3. The van der Waals surface area contributed by atoms with Crippen molar-refractivity contribution in [2.45, 2.75) is 19.0 Å². The molecule has 6 nitrogen and oxygen atoms in total. The number of piperidine rings is 1. The third-order valence-electron chi connectivity index (χ3n) is 5.63. The molecular weight excluding hydrogens is 439 g/mol. The first kappa shape index (κ1) is 20.6. The predicted molar refractivity (Wildman–Crippen MR) is 118 cm³/mol. The van der Waals surface area contributed by atoms with Crippen molar-refractivity contribution in [3.8, 4) is 0 Å². The summed E-state index contributed by atoms with van der Waals surface area (Å²) in [5.41, 5.74) is 0.241. The van der Waals surface area contributed by atoms with Gasteiger partial charge in [0.15, 0.2) is 0 Å². The summed E-state index contributed by atoms with van der Waals surface area (Å²) < 4.78 is 39.7. The second-order valence-electron chi connectivity index (χ2n) is 7.66. The van der Waals surface area contributed by atoms with Gasteiger partial charge in [-0.3, -0.25) is 4.79 Å². The molecule has 0 atom stereocenters. The summed E-state index contributed by atoms with van der Waals surface area (Å²) in [6.07, 6.45) is 0.0124. The number of anilines is 2. The Kier molecular flexibility index (Phi) is 5.16. The molecule has 4 aromatic rings. The molecule has 1 aromatic carbocycles. The summed E-state index contributed by atoms with van der Waals surface area (Å²) >= 11 is 1.55. The zero-order chi connectivity index (χ0) is 22.3. The van der Waals surface area contributed by atoms with E-state index >= 15 is 0 Å². The van der Waals surface area contributed by atoms with E-state index in [9.17, 15) is 18.0 Å². The number of alkyl halides is 3. The zero-order valence-corrected chi connectivity index (χ0v) is 17.6. The summed E-state index contributed by atoms with van der Waals surface area (Å²) in [5, 5.41) is 3.63. The number of halogens is 3. The third kappa shape index (κ3) is 3.86. The molecule has 1 fully saturated rings. The first-order chi connectivity index (χ1) is 15.4. The van der Waals surface area contributed by atoms with E-state index in [1.807, 2.05) is 12.1 Å². The van der Waals surface area contributed by atoms with Crippen molar-refractivity contribution in [2.24, 2.45) is 5.92 Å². The van der Waals surface area contributed by atoms with Gasteiger partial charge in [0.05, 0.1) is 15.8 Å². The van der Waals surface area contributed by atoms with Gasteiger partial charge >= 0.3 is 6.18 Å². The molecule has 164 valence electrons. The minimum atomic E-state index is -4.45. The van der Waals surface area contributed by atoms with Crippen LogP contribution < -0.4 is 10.2 Å². The number of fused-ring (bicyclic) bond motifs is 3. The molecule has 0 spiro atoms. The van der Waals surface area contributed by atoms with Gasteiger partial charge in [0.2, 0.25) is 5.91 Å². The molecule has 0 aliphatic carbocycles. The van der Waals surface area contributed by atoms with Crippen LogP contribution >= 0.6 is 11.3 Å². The maximum atomic E-state index is 12.9. The van der Waals surface area contributed by atoms with Crippen molar-refractivity contribution in [2.75, 3.05) is 23.3 Å². The molecule has 1 aliphatic rings. The quantitative estimate of drug-likeness (QED) is 0.463. The van der Waals surface area contributed by atoms with Crippen molar-refractivity contribution < 1.29 is 18.0 Å². The second-order valence-corrected chi connectivity index (χ2v) is 8.66. The molecule has 0 unspecified atom stereocenters. The van der Waals surface area contributed by atoms with E-state index in [1.54, 1.807) is 23.9 Å². The maximum Gasteiger partial charge on any atom is 0.416 e. The van der Waals surface area contributed by atoms with Crippen molar-refractivity contribution in [1.29, 1.82) is 0 Å². The number of nitrogens with zero attached hydrogens (tertiary/aromatic N) is 4. The SMILES string of the molecule is O=C(Nc1cccc(C(F)(F)F)c1)C1CCN(c2ncnc3c2sc2ncccc23)CC1.